The highest BCUT2D eigenvalue weighted by molar-refractivity contribution is 5.85. The minimum atomic E-state index is -0.789. The lowest BCUT2D eigenvalue weighted by Crippen LogP contribution is -2.50. The number of hydrogen-bond acceptors (Lipinski definition) is 4. The Hall–Kier alpha value is -1.63. The Morgan fingerprint density at radius 2 is 1.68 bits per heavy atom. The number of carbonyl (C=O) groups excluding carboxylic acids is 1. The molecule has 0 bridgehead atoms. The van der Waals surface area contributed by atoms with Gasteiger partial charge in [-0.25, -0.2) is 0 Å². The van der Waals surface area contributed by atoms with E-state index in [1.165, 1.54) is 6.42 Å². The van der Waals surface area contributed by atoms with Gasteiger partial charge < -0.3 is 10.0 Å². The number of carbonyl (C=O) groups is 2. The fraction of sp³-hybridized carbons (Fsp3) is 0.619. The number of likely N-dealkylation sites (tertiary alicyclic amines) is 2. The number of benzene rings is 1. The Bertz CT molecular complexity index is 629. The SMILES string of the molecule is CN(CC(=O)O)C1CCN(C(C(=O)N2CCCCC2)c2ccccc2)CC1.Cl. The maximum absolute atomic E-state index is 13.4. The molecular weight excluding hydrogens is 378 g/mol. The summed E-state index contributed by atoms with van der Waals surface area (Å²) in [6.45, 7) is 3.42. The first-order chi connectivity index (χ1) is 13.1. The van der Waals surface area contributed by atoms with E-state index in [0.29, 0.717) is 0 Å². The van der Waals surface area contributed by atoms with Gasteiger partial charge in [0, 0.05) is 32.2 Å². The van der Waals surface area contributed by atoms with E-state index in [2.05, 4.69) is 17.0 Å². The summed E-state index contributed by atoms with van der Waals surface area (Å²) in [4.78, 5) is 30.6. The van der Waals surface area contributed by atoms with E-state index >= 15 is 0 Å². The average Bonchev–Trinajstić information content (AvgIpc) is 2.69. The van der Waals surface area contributed by atoms with Gasteiger partial charge >= 0.3 is 5.97 Å². The van der Waals surface area contributed by atoms with Crippen LogP contribution in [0.4, 0.5) is 0 Å². The molecule has 0 spiro atoms. The smallest absolute Gasteiger partial charge is 0.317 e. The maximum Gasteiger partial charge on any atom is 0.317 e. The van der Waals surface area contributed by atoms with Gasteiger partial charge in [-0.15, -0.1) is 12.4 Å². The van der Waals surface area contributed by atoms with Gasteiger partial charge in [0.25, 0.3) is 0 Å². The first kappa shape index (κ1) is 22.7. The number of carboxylic acids is 1. The highest BCUT2D eigenvalue weighted by atomic mass is 35.5. The second-order valence-electron chi connectivity index (χ2n) is 7.78. The Morgan fingerprint density at radius 1 is 1.07 bits per heavy atom. The molecule has 156 valence electrons. The Labute approximate surface area is 173 Å². The van der Waals surface area contributed by atoms with E-state index in [4.69, 9.17) is 5.11 Å². The monoisotopic (exact) mass is 409 g/mol. The van der Waals surface area contributed by atoms with Crippen LogP contribution in [0.15, 0.2) is 30.3 Å². The molecule has 6 nitrogen and oxygen atoms in total. The van der Waals surface area contributed by atoms with Crippen molar-refractivity contribution in [3.05, 3.63) is 35.9 Å². The second-order valence-corrected chi connectivity index (χ2v) is 7.78. The molecule has 2 aliphatic heterocycles. The summed E-state index contributed by atoms with van der Waals surface area (Å²) >= 11 is 0. The van der Waals surface area contributed by atoms with Crippen LogP contribution in [-0.4, -0.2) is 77.5 Å². The standard InChI is InChI=1S/C21H31N3O3.ClH/c1-22(16-19(25)26)18-10-14-23(15-11-18)20(17-8-4-2-5-9-17)21(27)24-12-6-3-7-13-24;/h2,4-5,8-9,18,20H,3,6-7,10-16H2,1H3,(H,25,26);1H. The molecule has 0 aliphatic carbocycles. The van der Waals surface area contributed by atoms with Crippen LogP contribution >= 0.6 is 12.4 Å². The summed E-state index contributed by atoms with van der Waals surface area (Å²) < 4.78 is 0. The first-order valence-corrected chi connectivity index (χ1v) is 10.1. The highest BCUT2D eigenvalue weighted by Crippen LogP contribution is 2.29. The lowest BCUT2D eigenvalue weighted by molar-refractivity contribution is -0.139. The van der Waals surface area contributed by atoms with E-state index in [9.17, 15) is 9.59 Å². The van der Waals surface area contributed by atoms with Crippen LogP contribution in [0.3, 0.4) is 0 Å². The van der Waals surface area contributed by atoms with Crippen LogP contribution < -0.4 is 0 Å². The highest BCUT2D eigenvalue weighted by Gasteiger charge is 2.35. The van der Waals surface area contributed by atoms with Crippen molar-refractivity contribution in [1.82, 2.24) is 14.7 Å². The zero-order chi connectivity index (χ0) is 19.2. The van der Waals surface area contributed by atoms with Crippen molar-refractivity contribution >= 4 is 24.3 Å². The molecule has 1 atom stereocenters. The van der Waals surface area contributed by atoms with Crippen LogP contribution in [0.5, 0.6) is 0 Å². The topological polar surface area (TPSA) is 64.1 Å². The molecule has 2 aliphatic rings. The molecule has 0 saturated carbocycles. The van der Waals surface area contributed by atoms with Crippen LogP contribution in [0, 0.1) is 0 Å². The molecule has 2 heterocycles. The fourth-order valence-corrected chi connectivity index (χ4v) is 4.36. The third-order valence-corrected chi connectivity index (χ3v) is 5.89. The Balaban J connectivity index is 0.00000280. The normalized spacial score (nSPS) is 19.9. The van der Waals surface area contributed by atoms with Crippen molar-refractivity contribution in [3.8, 4) is 0 Å². The van der Waals surface area contributed by atoms with Gasteiger partial charge in [0.1, 0.15) is 6.04 Å². The van der Waals surface area contributed by atoms with E-state index in [0.717, 1.165) is 57.4 Å². The molecule has 1 amide bonds. The number of hydrogen-bond donors (Lipinski definition) is 1. The molecule has 7 heteroatoms. The van der Waals surface area contributed by atoms with Gasteiger partial charge in [-0.2, -0.15) is 0 Å². The largest absolute Gasteiger partial charge is 0.480 e. The predicted octanol–water partition coefficient (Wildman–Crippen LogP) is 2.64. The zero-order valence-corrected chi connectivity index (χ0v) is 17.4. The Kier molecular flexibility index (Phi) is 8.73. The van der Waals surface area contributed by atoms with E-state index in [1.807, 2.05) is 35.0 Å². The molecule has 2 fully saturated rings. The number of amides is 1. The van der Waals surface area contributed by atoms with Gasteiger partial charge in [0.2, 0.25) is 5.91 Å². The van der Waals surface area contributed by atoms with Crippen molar-refractivity contribution in [2.75, 3.05) is 39.8 Å². The molecule has 2 saturated heterocycles. The molecule has 0 aromatic heterocycles. The quantitative estimate of drug-likeness (QED) is 0.782. The number of rotatable bonds is 6. The molecule has 0 radical (unpaired) electrons. The molecule has 1 aromatic carbocycles. The van der Waals surface area contributed by atoms with Crippen LogP contribution in [0.1, 0.15) is 43.7 Å². The summed E-state index contributed by atoms with van der Waals surface area (Å²) in [7, 11) is 1.88. The first-order valence-electron chi connectivity index (χ1n) is 10.1. The third kappa shape index (κ3) is 5.69. The van der Waals surface area contributed by atoms with Gasteiger partial charge in [-0.05, 0) is 44.7 Å². The number of nitrogens with zero attached hydrogens (tertiary/aromatic N) is 3. The van der Waals surface area contributed by atoms with Crippen LogP contribution in [-0.2, 0) is 9.59 Å². The molecule has 3 rings (SSSR count). The average molecular weight is 410 g/mol. The lowest BCUT2D eigenvalue weighted by Gasteiger charge is -2.41. The van der Waals surface area contributed by atoms with Gasteiger partial charge in [0.05, 0.1) is 6.54 Å². The second kappa shape index (κ2) is 10.8. The summed E-state index contributed by atoms with van der Waals surface area (Å²) in [5.74, 6) is -0.569. The number of aliphatic carboxylic acids is 1. The van der Waals surface area contributed by atoms with Gasteiger partial charge in [-0.3, -0.25) is 19.4 Å². The maximum atomic E-state index is 13.4. The van der Waals surface area contributed by atoms with Gasteiger partial charge in [0.15, 0.2) is 0 Å². The predicted molar refractivity (Wildman–Crippen MR) is 112 cm³/mol. The number of piperidine rings is 2. The lowest BCUT2D eigenvalue weighted by atomic mass is 9.97. The fourth-order valence-electron chi connectivity index (χ4n) is 4.36. The summed E-state index contributed by atoms with van der Waals surface area (Å²) in [5.41, 5.74) is 1.06. The van der Waals surface area contributed by atoms with Crippen molar-refractivity contribution in [1.29, 1.82) is 0 Å². The minimum Gasteiger partial charge on any atom is -0.480 e. The van der Waals surface area contributed by atoms with Crippen molar-refractivity contribution in [2.24, 2.45) is 0 Å². The number of halogens is 1. The molecule has 28 heavy (non-hydrogen) atoms. The molecule has 1 N–H and O–H groups in total. The van der Waals surface area contributed by atoms with E-state index in [-0.39, 0.29) is 36.9 Å². The number of likely N-dealkylation sites (N-methyl/N-ethyl adjacent to an activating group) is 1. The number of carboxylic acid groups (broad SMARTS) is 1. The molecule has 1 unspecified atom stereocenters. The van der Waals surface area contributed by atoms with E-state index in [1.54, 1.807) is 0 Å². The van der Waals surface area contributed by atoms with Crippen molar-refractivity contribution < 1.29 is 14.7 Å². The zero-order valence-electron chi connectivity index (χ0n) is 16.6. The Morgan fingerprint density at radius 3 is 2.25 bits per heavy atom. The van der Waals surface area contributed by atoms with E-state index < -0.39 is 5.97 Å². The van der Waals surface area contributed by atoms with Crippen LogP contribution in [0.25, 0.3) is 0 Å². The van der Waals surface area contributed by atoms with Crippen molar-refractivity contribution in [2.45, 2.75) is 44.2 Å². The third-order valence-electron chi connectivity index (χ3n) is 5.89. The molecular formula is C21H32ClN3O3. The van der Waals surface area contributed by atoms with Crippen LogP contribution in [0.2, 0.25) is 0 Å². The minimum absolute atomic E-state index is 0. The van der Waals surface area contributed by atoms with Crippen molar-refractivity contribution in [3.63, 3.8) is 0 Å². The molecule has 1 aromatic rings. The van der Waals surface area contributed by atoms with Gasteiger partial charge in [-0.1, -0.05) is 30.3 Å². The summed E-state index contributed by atoms with van der Waals surface area (Å²) in [6.07, 6.45) is 5.17. The summed E-state index contributed by atoms with van der Waals surface area (Å²) in [5, 5.41) is 9.02. The summed E-state index contributed by atoms with van der Waals surface area (Å²) in [6, 6.07) is 10.1.